The van der Waals surface area contributed by atoms with E-state index >= 15 is 0 Å². The Labute approximate surface area is 95.3 Å². The fourth-order valence-corrected chi connectivity index (χ4v) is 3.03. The highest BCUT2D eigenvalue weighted by atomic mass is 32.2. The first-order valence-corrected chi connectivity index (χ1v) is 6.47. The van der Waals surface area contributed by atoms with Crippen LogP contribution in [0.2, 0.25) is 0 Å². The summed E-state index contributed by atoms with van der Waals surface area (Å²) in [6.45, 7) is 1.65. The highest BCUT2D eigenvalue weighted by molar-refractivity contribution is 8.13. The lowest BCUT2D eigenvalue weighted by Crippen LogP contribution is -2.12. The molecule has 15 heavy (non-hydrogen) atoms. The summed E-state index contributed by atoms with van der Waals surface area (Å²) in [5.41, 5.74) is 2.95. The molecule has 0 radical (unpaired) electrons. The van der Waals surface area contributed by atoms with Crippen LogP contribution in [0.15, 0.2) is 24.3 Å². The first kappa shape index (κ1) is 10.7. The second-order valence-electron chi connectivity index (χ2n) is 4.09. The Morgan fingerprint density at radius 1 is 1.47 bits per heavy atom. The van der Waals surface area contributed by atoms with Crippen LogP contribution in [0.25, 0.3) is 0 Å². The van der Waals surface area contributed by atoms with Gasteiger partial charge in [-0.1, -0.05) is 36.0 Å². The van der Waals surface area contributed by atoms with Gasteiger partial charge in [-0.3, -0.25) is 4.79 Å². The summed E-state index contributed by atoms with van der Waals surface area (Å²) in [7, 11) is 0. The van der Waals surface area contributed by atoms with E-state index in [1.165, 1.54) is 42.2 Å². The van der Waals surface area contributed by atoms with Gasteiger partial charge in [0.15, 0.2) is 5.12 Å². The topological polar surface area (TPSA) is 17.1 Å². The number of carbonyl (C=O) groups excluding carboxylic acids is 1. The molecule has 2 heteroatoms. The quantitative estimate of drug-likeness (QED) is 0.760. The lowest BCUT2D eigenvalue weighted by Gasteiger charge is -2.24. The monoisotopic (exact) mass is 220 g/mol. The average Bonchev–Trinajstić information content (AvgIpc) is 2.26. The van der Waals surface area contributed by atoms with Gasteiger partial charge in [0.1, 0.15) is 0 Å². The molecule has 0 N–H and O–H groups in total. The molecule has 1 aromatic carbocycles. The van der Waals surface area contributed by atoms with Gasteiger partial charge in [0.05, 0.1) is 0 Å². The van der Waals surface area contributed by atoms with Gasteiger partial charge in [0.2, 0.25) is 0 Å². The van der Waals surface area contributed by atoms with Gasteiger partial charge >= 0.3 is 0 Å². The summed E-state index contributed by atoms with van der Waals surface area (Å²) in [5.74, 6) is 1.54. The lowest BCUT2D eigenvalue weighted by molar-refractivity contribution is -0.109. The van der Waals surface area contributed by atoms with Crippen LogP contribution in [0.5, 0.6) is 0 Å². The van der Waals surface area contributed by atoms with Crippen molar-refractivity contribution < 1.29 is 4.79 Å². The maximum absolute atomic E-state index is 11.0. The minimum Gasteiger partial charge on any atom is -0.288 e. The van der Waals surface area contributed by atoms with Gasteiger partial charge in [-0.25, -0.2) is 0 Å². The molecule has 1 nitrogen and oxygen atoms in total. The molecule has 0 bridgehead atoms. The summed E-state index contributed by atoms with van der Waals surface area (Å²) in [6, 6.07) is 8.66. The predicted octanol–water partition coefficient (Wildman–Crippen LogP) is 3.39. The van der Waals surface area contributed by atoms with Gasteiger partial charge < -0.3 is 0 Å². The summed E-state index contributed by atoms with van der Waals surface area (Å²) in [5, 5.41) is 0.234. The van der Waals surface area contributed by atoms with Crippen LogP contribution in [0.1, 0.15) is 36.8 Å². The van der Waals surface area contributed by atoms with E-state index in [-0.39, 0.29) is 5.12 Å². The number of hydrogen-bond donors (Lipinski definition) is 0. The van der Waals surface area contributed by atoms with Gasteiger partial charge in [-0.15, -0.1) is 0 Å². The molecule has 0 fully saturated rings. The van der Waals surface area contributed by atoms with E-state index in [1.54, 1.807) is 6.92 Å². The van der Waals surface area contributed by atoms with E-state index in [0.717, 1.165) is 5.75 Å². The molecule has 0 amide bonds. The summed E-state index contributed by atoms with van der Waals surface area (Å²) >= 11 is 1.46. The summed E-state index contributed by atoms with van der Waals surface area (Å²) < 4.78 is 0. The summed E-state index contributed by atoms with van der Waals surface area (Å²) in [4.78, 5) is 11.0. The first-order chi connectivity index (χ1) is 7.27. The number of benzene rings is 1. The number of thioether (sulfide) groups is 1. The van der Waals surface area contributed by atoms with Crippen LogP contribution >= 0.6 is 11.8 Å². The van der Waals surface area contributed by atoms with Crippen molar-refractivity contribution in [2.45, 2.75) is 32.1 Å². The number of carbonyl (C=O) groups is 1. The second kappa shape index (κ2) is 4.84. The van der Waals surface area contributed by atoms with Gasteiger partial charge in [-0.05, 0) is 36.3 Å². The van der Waals surface area contributed by atoms with E-state index in [0.29, 0.717) is 5.92 Å². The van der Waals surface area contributed by atoms with Crippen molar-refractivity contribution >= 4 is 16.9 Å². The van der Waals surface area contributed by atoms with Gasteiger partial charge in [-0.2, -0.15) is 0 Å². The van der Waals surface area contributed by atoms with Crippen LogP contribution in [0, 0.1) is 0 Å². The van der Waals surface area contributed by atoms with Crippen molar-refractivity contribution in [1.82, 2.24) is 0 Å². The molecule has 1 atom stereocenters. The van der Waals surface area contributed by atoms with E-state index in [4.69, 9.17) is 0 Å². The zero-order chi connectivity index (χ0) is 10.7. The molecule has 1 aliphatic carbocycles. The zero-order valence-electron chi connectivity index (χ0n) is 9.03. The molecule has 0 aromatic heterocycles. The highest BCUT2D eigenvalue weighted by Crippen LogP contribution is 2.33. The fraction of sp³-hybridized carbons (Fsp3) is 0.462. The van der Waals surface area contributed by atoms with E-state index in [1.807, 2.05) is 0 Å². The number of rotatable bonds is 2. The molecule has 0 heterocycles. The SMILES string of the molecule is CC(=O)SCC1CCCc2ccccc21. The lowest BCUT2D eigenvalue weighted by atomic mass is 9.84. The summed E-state index contributed by atoms with van der Waals surface area (Å²) in [6.07, 6.45) is 3.70. The number of aryl methyl sites for hydroxylation is 1. The van der Waals surface area contributed by atoms with Crippen molar-refractivity contribution in [1.29, 1.82) is 0 Å². The Hall–Kier alpha value is -0.760. The highest BCUT2D eigenvalue weighted by Gasteiger charge is 2.19. The molecule has 1 unspecified atom stereocenters. The van der Waals surface area contributed by atoms with Crippen molar-refractivity contribution in [2.75, 3.05) is 5.75 Å². The fourth-order valence-electron chi connectivity index (χ4n) is 2.25. The maximum Gasteiger partial charge on any atom is 0.185 e. The Bertz CT molecular complexity index is 359. The van der Waals surface area contributed by atoms with Gasteiger partial charge in [0, 0.05) is 12.7 Å². The molecule has 0 saturated carbocycles. The Balaban J connectivity index is 2.11. The Kier molecular flexibility index (Phi) is 3.47. The van der Waals surface area contributed by atoms with E-state index in [2.05, 4.69) is 24.3 Å². The molecule has 0 saturated heterocycles. The zero-order valence-corrected chi connectivity index (χ0v) is 9.85. The first-order valence-electron chi connectivity index (χ1n) is 5.48. The minimum atomic E-state index is 0.234. The standard InChI is InChI=1S/C13H16OS/c1-10(14)15-9-12-7-4-6-11-5-2-3-8-13(11)12/h2-3,5,8,12H,4,6-7,9H2,1H3. The van der Waals surface area contributed by atoms with E-state index < -0.39 is 0 Å². The smallest absolute Gasteiger partial charge is 0.185 e. The molecule has 1 aromatic rings. The van der Waals surface area contributed by atoms with Crippen molar-refractivity contribution in [3.63, 3.8) is 0 Å². The maximum atomic E-state index is 11.0. The predicted molar refractivity (Wildman–Crippen MR) is 65.3 cm³/mol. The Morgan fingerprint density at radius 2 is 2.27 bits per heavy atom. The average molecular weight is 220 g/mol. The third-order valence-corrected chi connectivity index (χ3v) is 3.96. The molecule has 1 aliphatic rings. The Morgan fingerprint density at radius 3 is 3.07 bits per heavy atom. The van der Waals surface area contributed by atoms with Crippen LogP contribution in [-0.4, -0.2) is 10.9 Å². The molecule has 80 valence electrons. The third-order valence-electron chi connectivity index (χ3n) is 2.98. The molecule has 0 aliphatic heterocycles. The van der Waals surface area contributed by atoms with Crippen LogP contribution in [0.4, 0.5) is 0 Å². The van der Waals surface area contributed by atoms with Crippen molar-refractivity contribution in [3.8, 4) is 0 Å². The molecular weight excluding hydrogens is 204 g/mol. The van der Waals surface area contributed by atoms with Crippen LogP contribution in [0.3, 0.4) is 0 Å². The van der Waals surface area contributed by atoms with Crippen LogP contribution < -0.4 is 0 Å². The largest absolute Gasteiger partial charge is 0.288 e. The molecular formula is C13H16OS. The number of hydrogen-bond acceptors (Lipinski definition) is 2. The number of fused-ring (bicyclic) bond motifs is 1. The van der Waals surface area contributed by atoms with Gasteiger partial charge in [0.25, 0.3) is 0 Å². The van der Waals surface area contributed by atoms with Crippen LogP contribution in [-0.2, 0) is 11.2 Å². The normalized spacial score (nSPS) is 19.7. The van der Waals surface area contributed by atoms with E-state index in [9.17, 15) is 4.79 Å². The van der Waals surface area contributed by atoms with Crippen molar-refractivity contribution in [3.05, 3.63) is 35.4 Å². The second-order valence-corrected chi connectivity index (χ2v) is 5.29. The minimum absolute atomic E-state index is 0.234. The molecule has 2 rings (SSSR count). The third kappa shape index (κ3) is 2.63. The molecule has 0 spiro atoms. The van der Waals surface area contributed by atoms with Crippen molar-refractivity contribution in [2.24, 2.45) is 0 Å².